The van der Waals surface area contributed by atoms with Gasteiger partial charge in [0.05, 0.1) is 10.5 Å². The summed E-state index contributed by atoms with van der Waals surface area (Å²) in [5, 5.41) is 1.67. The van der Waals surface area contributed by atoms with E-state index in [-0.39, 0.29) is 5.78 Å². The highest BCUT2D eigenvalue weighted by Gasteiger charge is 2.21. The van der Waals surface area contributed by atoms with Crippen molar-refractivity contribution in [2.45, 2.75) is 25.7 Å². The van der Waals surface area contributed by atoms with Crippen LogP contribution >= 0.6 is 11.6 Å². The Kier molecular flexibility index (Phi) is 2.25. The molecule has 1 aliphatic carbocycles. The summed E-state index contributed by atoms with van der Waals surface area (Å²) < 4.78 is 0. The van der Waals surface area contributed by atoms with Gasteiger partial charge < -0.3 is 4.98 Å². The number of para-hydroxylation sites is 1. The molecule has 0 atom stereocenters. The van der Waals surface area contributed by atoms with Crippen molar-refractivity contribution in [1.29, 1.82) is 0 Å². The first-order valence-corrected chi connectivity index (χ1v) is 5.97. The number of benzene rings is 1. The Morgan fingerprint density at radius 1 is 1.19 bits per heavy atom. The molecule has 1 aromatic carbocycles. The molecule has 0 bridgehead atoms. The molecule has 0 spiro atoms. The molecule has 0 aliphatic heterocycles. The number of H-pyrrole nitrogens is 1. The van der Waals surface area contributed by atoms with Gasteiger partial charge in [-0.25, -0.2) is 0 Å². The average Bonchev–Trinajstić information content (AvgIpc) is 2.55. The first kappa shape index (κ1) is 9.91. The number of carbonyl (C=O) groups excluding carboxylic acids is 1. The number of fused-ring (bicyclic) bond motifs is 3. The van der Waals surface area contributed by atoms with E-state index >= 15 is 0 Å². The zero-order chi connectivity index (χ0) is 11.1. The molecule has 1 aliphatic rings. The molecule has 1 heterocycles. The SMILES string of the molecule is O=C1CCCCc2[nH]c3c(Cl)cccc3c21. The van der Waals surface area contributed by atoms with Crippen LogP contribution in [-0.4, -0.2) is 10.8 Å². The number of nitrogens with one attached hydrogen (secondary N) is 1. The monoisotopic (exact) mass is 233 g/mol. The number of aromatic nitrogens is 1. The van der Waals surface area contributed by atoms with Crippen LogP contribution in [0.4, 0.5) is 0 Å². The smallest absolute Gasteiger partial charge is 0.165 e. The van der Waals surface area contributed by atoms with Crippen LogP contribution < -0.4 is 0 Å². The lowest BCUT2D eigenvalue weighted by molar-refractivity contribution is 0.0983. The third kappa shape index (κ3) is 1.37. The summed E-state index contributed by atoms with van der Waals surface area (Å²) in [6, 6.07) is 5.72. The Labute approximate surface area is 98.6 Å². The van der Waals surface area contributed by atoms with Gasteiger partial charge in [-0.15, -0.1) is 0 Å². The molecule has 82 valence electrons. The van der Waals surface area contributed by atoms with E-state index in [0.717, 1.165) is 41.4 Å². The number of ketones is 1. The molecule has 1 N–H and O–H groups in total. The molecule has 1 aromatic heterocycles. The van der Waals surface area contributed by atoms with Crippen LogP contribution in [0.2, 0.25) is 5.02 Å². The van der Waals surface area contributed by atoms with Crippen molar-refractivity contribution in [2.24, 2.45) is 0 Å². The summed E-state index contributed by atoms with van der Waals surface area (Å²) in [6.07, 6.45) is 3.67. The second-order valence-electron chi connectivity index (χ2n) is 4.27. The van der Waals surface area contributed by atoms with Crippen LogP contribution in [0.1, 0.15) is 35.3 Å². The summed E-state index contributed by atoms with van der Waals surface area (Å²) in [4.78, 5) is 15.3. The van der Waals surface area contributed by atoms with Crippen LogP contribution in [0.25, 0.3) is 10.9 Å². The van der Waals surface area contributed by atoms with Gasteiger partial charge in [-0.3, -0.25) is 4.79 Å². The van der Waals surface area contributed by atoms with Crippen LogP contribution in [0, 0.1) is 0 Å². The summed E-state index contributed by atoms with van der Waals surface area (Å²) >= 11 is 6.12. The Bertz CT molecular complexity index is 571. The molecule has 16 heavy (non-hydrogen) atoms. The van der Waals surface area contributed by atoms with Crippen molar-refractivity contribution in [3.05, 3.63) is 34.5 Å². The third-order valence-corrected chi connectivity index (χ3v) is 3.54. The molecule has 0 saturated heterocycles. The Morgan fingerprint density at radius 2 is 2.00 bits per heavy atom. The third-order valence-electron chi connectivity index (χ3n) is 3.22. The number of Topliss-reactive ketones (excluding diaryl/α,β-unsaturated/α-hetero) is 1. The van der Waals surface area contributed by atoms with Crippen molar-refractivity contribution in [2.75, 3.05) is 0 Å². The van der Waals surface area contributed by atoms with Gasteiger partial charge >= 0.3 is 0 Å². The van der Waals surface area contributed by atoms with Gasteiger partial charge in [0.1, 0.15) is 0 Å². The molecular weight excluding hydrogens is 222 g/mol. The fourth-order valence-electron chi connectivity index (χ4n) is 2.45. The Morgan fingerprint density at radius 3 is 2.88 bits per heavy atom. The highest BCUT2D eigenvalue weighted by molar-refractivity contribution is 6.35. The minimum Gasteiger partial charge on any atom is -0.357 e. The summed E-state index contributed by atoms with van der Waals surface area (Å²) in [7, 11) is 0. The molecule has 3 rings (SSSR count). The van der Waals surface area contributed by atoms with Crippen LogP contribution in [-0.2, 0) is 6.42 Å². The van der Waals surface area contributed by atoms with E-state index < -0.39 is 0 Å². The van der Waals surface area contributed by atoms with Crippen molar-refractivity contribution in [3.8, 4) is 0 Å². The lowest BCUT2D eigenvalue weighted by atomic mass is 10.1. The lowest BCUT2D eigenvalue weighted by Crippen LogP contribution is -1.97. The summed E-state index contributed by atoms with van der Waals surface area (Å²) in [5.74, 6) is 0.251. The average molecular weight is 234 g/mol. The van der Waals surface area contributed by atoms with E-state index in [1.807, 2.05) is 18.2 Å². The maximum atomic E-state index is 12.0. The molecular formula is C13H12ClNO. The molecule has 0 fully saturated rings. The predicted molar refractivity (Wildman–Crippen MR) is 65.2 cm³/mol. The van der Waals surface area contributed by atoms with E-state index in [4.69, 9.17) is 11.6 Å². The fourth-order valence-corrected chi connectivity index (χ4v) is 2.68. The standard InChI is InChI=1S/C13H12ClNO/c14-9-5-3-4-8-12-10(15-13(8)9)6-1-2-7-11(12)16/h3-5,15H,1-2,6-7H2. The highest BCUT2D eigenvalue weighted by atomic mass is 35.5. The van der Waals surface area contributed by atoms with Gasteiger partial charge in [-0.2, -0.15) is 0 Å². The number of aryl methyl sites for hydroxylation is 1. The van der Waals surface area contributed by atoms with Crippen LogP contribution in [0.15, 0.2) is 18.2 Å². The highest BCUT2D eigenvalue weighted by Crippen LogP contribution is 2.31. The van der Waals surface area contributed by atoms with Gasteiger partial charge in [0.2, 0.25) is 0 Å². The molecule has 0 radical (unpaired) electrons. The maximum absolute atomic E-state index is 12.0. The first-order valence-electron chi connectivity index (χ1n) is 5.59. The van der Waals surface area contributed by atoms with Crippen LogP contribution in [0.5, 0.6) is 0 Å². The lowest BCUT2D eigenvalue weighted by Gasteiger charge is -1.97. The minimum atomic E-state index is 0.251. The molecule has 3 heteroatoms. The molecule has 0 saturated carbocycles. The van der Waals surface area contributed by atoms with Crippen molar-refractivity contribution < 1.29 is 4.79 Å². The predicted octanol–water partition coefficient (Wildman–Crippen LogP) is 3.73. The van der Waals surface area contributed by atoms with E-state index in [1.165, 1.54) is 0 Å². The summed E-state index contributed by atoms with van der Waals surface area (Å²) in [6.45, 7) is 0. The second-order valence-corrected chi connectivity index (χ2v) is 4.68. The molecule has 0 amide bonds. The topological polar surface area (TPSA) is 32.9 Å². The van der Waals surface area contributed by atoms with Gasteiger partial charge in [0.25, 0.3) is 0 Å². The van der Waals surface area contributed by atoms with Crippen LogP contribution in [0.3, 0.4) is 0 Å². The Hall–Kier alpha value is -1.28. The second kappa shape index (κ2) is 3.63. The van der Waals surface area contributed by atoms with Gasteiger partial charge in [0, 0.05) is 23.1 Å². The van der Waals surface area contributed by atoms with Gasteiger partial charge in [0.15, 0.2) is 5.78 Å². The molecule has 2 nitrogen and oxygen atoms in total. The van der Waals surface area contributed by atoms with E-state index in [9.17, 15) is 4.79 Å². The quantitative estimate of drug-likeness (QED) is 0.691. The fraction of sp³-hybridized carbons (Fsp3) is 0.308. The zero-order valence-electron chi connectivity index (χ0n) is 8.85. The molecule has 0 unspecified atom stereocenters. The zero-order valence-corrected chi connectivity index (χ0v) is 9.60. The van der Waals surface area contributed by atoms with Crippen molar-refractivity contribution >= 4 is 28.3 Å². The van der Waals surface area contributed by atoms with Crippen molar-refractivity contribution in [3.63, 3.8) is 0 Å². The largest absolute Gasteiger partial charge is 0.357 e. The van der Waals surface area contributed by atoms with E-state index in [2.05, 4.69) is 4.98 Å². The maximum Gasteiger partial charge on any atom is 0.165 e. The number of hydrogen-bond donors (Lipinski definition) is 1. The minimum absolute atomic E-state index is 0.251. The van der Waals surface area contributed by atoms with Crippen molar-refractivity contribution in [1.82, 2.24) is 4.98 Å². The summed E-state index contributed by atoms with van der Waals surface area (Å²) in [5.41, 5.74) is 2.84. The Balaban J connectivity index is 2.35. The number of halogens is 1. The number of aromatic amines is 1. The van der Waals surface area contributed by atoms with Gasteiger partial charge in [-0.1, -0.05) is 23.7 Å². The van der Waals surface area contributed by atoms with E-state index in [1.54, 1.807) is 0 Å². The van der Waals surface area contributed by atoms with E-state index in [0.29, 0.717) is 11.4 Å². The molecule has 2 aromatic rings. The normalized spacial score (nSPS) is 16.2. The number of rotatable bonds is 0. The number of carbonyl (C=O) groups is 1. The first-order chi connectivity index (χ1) is 7.77. The van der Waals surface area contributed by atoms with Gasteiger partial charge in [-0.05, 0) is 25.3 Å². The number of hydrogen-bond acceptors (Lipinski definition) is 1.